The lowest BCUT2D eigenvalue weighted by molar-refractivity contribution is 0.102. The van der Waals surface area contributed by atoms with Gasteiger partial charge in [-0.3, -0.25) is 0 Å². The third kappa shape index (κ3) is 2.15. The van der Waals surface area contributed by atoms with Crippen molar-refractivity contribution < 1.29 is 13.7 Å². The molecule has 1 N–H and O–H groups in total. The van der Waals surface area contributed by atoms with E-state index in [-0.39, 0.29) is 11.1 Å². The molecular weight excluding hydrogens is 296 g/mol. The number of fused-ring (bicyclic) bond motifs is 1. The first-order chi connectivity index (χ1) is 7.38. The molecule has 0 amide bonds. The van der Waals surface area contributed by atoms with Crippen molar-refractivity contribution in [1.29, 1.82) is 4.78 Å². The Bertz CT molecular complexity index is 530. The molecule has 0 fully saturated rings. The number of hydrogen-bond acceptors (Lipinski definition) is 5. The summed E-state index contributed by atoms with van der Waals surface area (Å²) in [6.45, 7) is 2.33. The van der Waals surface area contributed by atoms with Crippen molar-refractivity contribution in [2.75, 3.05) is 12.9 Å². The van der Waals surface area contributed by atoms with Crippen LogP contribution >= 0.6 is 15.9 Å². The molecule has 2 rings (SSSR count). The van der Waals surface area contributed by atoms with Crippen LogP contribution in [0.5, 0.6) is 11.5 Å². The minimum absolute atomic E-state index is 0.0618. The summed E-state index contributed by atoms with van der Waals surface area (Å²) in [5.74, 6) is 0.989. The minimum Gasteiger partial charge on any atom is -0.483 e. The van der Waals surface area contributed by atoms with Gasteiger partial charge in [0.05, 0.1) is 9.73 Å². The fraction of sp³-hybridized carbons (Fsp3) is 0.444. The highest BCUT2D eigenvalue weighted by molar-refractivity contribution is 9.10. The number of pyridine rings is 1. The number of hydrogen-bond donors (Lipinski definition) is 1. The van der Waals surface area contributed by atoms with Gasteiger partial charge in [-0.1, -0.05) is 0 Å². The van der Waals surface area contributed by atoms with Crippen LogP contribution in [0.25, 0.3) is 0 Å². The maximum absolute atomic E-state index is 11.6. The summed E-state index contributed by atoms with van der Waals surface area (Å²) >= 11 is 3.22. The van der Waals surface area contributed by atoms with Crippen molar-refractivity contribution in [3.63, 3.8) is 0 Å². The number of aromatic nitrogens is 1. The zero-order chi connectivity index (χ0) is 11.9. The van der Waals surface area contributed by atoms with Gasteiger partial charge in [0.15, 0.2) is 16.1 Å². The minimum atomic E-state index is -2.85. The second-order valence-electron chi connectivity index (χ2n) is 3.66. The monoisotopic (exact) mass is 306 g/mol. The molecule has 0 saturated carbocycles. The Morgan fingerprint density at radius 1 is 1.69 bits per heavy atom. The Balaban J connectivity index is 2.56. The Morgan fingerprint density at radius 2 is 2.38 bits per heavy atom. The molecule has 1 aromatic rings. The SMILES string of the molecule is CC1COc2c(cc(S(C)(=N)=O)nc2Br)O1. The van der Waals surface area contributed by atoms with Gasteiger partial charge in [0.1, 0.15) is 17.7 Å². The van der Waals surface area contributed by atoms with Gasteiger partial charge in [0.25, 0.3) is 0 Å². The van der Waals surface area contributed by atoms with Crippen molar-refractivity contribution in [3.05, 3.63) is 10.7 Å². The molecule has 2 unspecified atom stereocenters. The number of ether oxygens (including phenoxy) is 2. The maximum atomic E-state index is 11.6. The first-order valence-electron chi connectivity index (χ1n) is 4.61. The van der Waals surface area contributed by atoms with Crippen LogP contribution in [0.4, 0.5) is 0 Å². The number of nitrogens with zero attached hydrogens (tertiary/aromatic N) is 1. The molecular formula is C9H11BrN2O3S. The molecule has 1 aromatic heterocycles. The highest BCUT2D eigenvalue weighted by Crippen LogP contribution is 2.38. The van der Waals surface area contributed by atoms with E-state index in [4.69, 9.17) is 14.3 Å². The average molecular weight is 307 g/mol. The number of halogens is 1. The molecule has 0 spiro atoms. The van der Waals surface area contributed by atoms with Crippen LogP contribution in [-0.4, -0.2) is 28.2 Å². The van der Waals surface area contributed by atoms with Crippen LogP contribution in [-0.2, 0) is 9.73 Å². The van der Waals surface area contributed by atoms with Crippen LogP contribution in [0.3, 0.4) is 0 Å². The van der Waals surface area contributed by atoms with E-state index in [9.17, 15) is 4.21 Å². The van der Waals surface area contributed by atoms with Crippen molar-refractivity contribution >= 4 is 25.7 Å². The van der Waals surface area contributed by atoms with Crippen LogP contribution in [0.2, 0.25) is 0 Å². The summed E-state index contributed by atoms with van der Waals surface area (Å²) in [4.78, 5) is 4.03. The zero-order valence-electron chi connectivity index (χ0n) is 8.82. The molecule has 88 valence electrons. The largest absolute Gasteiger partial charge is 0.483 e. The summed E-state index contributed by atoms with van der Waals surface area (Å²) in [6, 6.07) is 1.51. The van der Waals surface area contributed by atoms with E-state index in [0.29, 0.717) is 22.7 Å². The summed E-state index contributed by atoms with van der Waals surface area (Å²) in [5.41, 5.74) is 0. The van der Waals surface area contributed by atoms with Crippen LogP contribution in [0, 0.1) is 4.78 Å². The molecule has 0 bridgehead atoms. The van der Waals surface area contributed by atoms with Crippen molar-refractivity contribution in [1.82, 2.24) is 4.98 Å². The molecule has 5 nitrogen and oxygen atoms in total. The summed E-state index contributed by atoms with van der Waals surface area (Å²) in [6.07, 6.45) is 1.26. The Morgan fingerprint density at radius 3 is 3.00 bits per heavy atom. The van der Waals surface area contributed by atoms with Gasteiger partial charge >= 0.3 is 0 Å². The van der Waals surface area contributed by atoms with Gasteiger partial charge < -0.3 is 9.47 Å². The van der Waals surface area contributed by atoms with E-state index < -0.39 is 9.73 Å². The third-order valence-electron chi connectivity index (χ3n) is 2.06. The van der Waals surface area contributed by atoms with Crippen LogP contribution < -0.4 is 9.47 Å². The maximum Gasteiger partial charge on any atom is 0.194 e. The molecule has 2 heterocycles. The Kier molecular flexibility index (Phi) is 2.83. The lowest BCUT2D eigenvalue weighted by Crippen LogP contribution is -2.26. The lowest BCUT2D eigenvalue weighted by atomic mass is 10.3. The predicted octanol–water partition coefficient (Wildman–Crippen LogP) is 2.04. The molecule has 1 aliphatic rings. The van der Waals surface area contributed by atoms with E-state index in [1.54, 1.807) is 0 Å². The lowest BCUT2D eigenvalue weighted by Gasteiger charge is -2.24. The number of rotatable bonds is 1. The summed E-state index contributed by atoms with van der Waals surface area (Å²) in [5, 5.41) is 0.191. The second kappa shape index (κ2) is 3.89. The molecule has 7 heteroatoms. The molecule has 1 aliphatic heterocycles. The predicted molar refractivity (Wildman–Crippen MR) is 62.6 cm³/mol. The molecule has 0 aromatic carbocycles. The Labute approximate surface area is 102 Å². The Hall–Kier alpha value is -0.820. The van der Waals surface area contributed by atoms with Gasteiger partial charge in [-0.15, -0.1) is 0 Å². The molecule has 0 saturated heterocycles. The summed E-state index contributed by atoms with van der Waals surface area (Å²) < 4.78 is 30.5. The highest BCUT2D eigenvalue weighted by Gasteiger charge is 2.23. The van der Waals surface area contributed by atoms with Gasteiger partial charge in [-0.25, -0.2) is 14.0 Å². The molecule has 0 radical (unpaired) electrons. The smallest absolute Gasteiger partial charge is 0.194 e. The summed E-state index contributed by atoms with van der Waals surface area (Å²) in [7, 11) is -2.85. The first-order valence-corrected chi connectivity index (χ1v) is 7.37. The normalized spacial score (nSPS) is 22.6. The average Bonchev–Trinajstić information content (AvgIpc) is 2.15. The van der Waals surface area contributed by atoms with Gasteiger partial charge in [-0.2, -0.15) is 0 Å². The first kappa shape index (κ1) is 11.7. The zero-order valence-corrected chi connectivity index (χ0v) is 11.2. The topological polar surface area (TPSA) is 72.3 Å². The van der Waals surface area contributed by atoms with Crippen molar-refractivity contribution in [2.24, 2.45) is 0 Å². The van der Waals surface area contributed by atoms with Crippen molar-refractivity contribution in [3.8, 4) is 11.5 Å². The second-order valence-corrected chi connectivity index (χ2v) is 6.52. The van der Waals surface area contributed by atoms with E-state index in [2.05, 4.69) is 20.9 Å². The van der Waals surface area contributed by atoms with Crippen molar-refractivity contribution in [2.45, 2.75) is 18.1 Å². The van der Waals surface area contributed by atoms with E-state index in [1.807, 2.05) is 6.92 Å². The standard InChI is InChI=1S/C9H11BrN2O3S/c1-5-4-14-8-6(15-5)3-7(12-9(8)10)16(2,11)13/h3,5,11H,4H2,1-2H3. The molecule has 16 heavy (non-hydrogen) atoms. The molecule has 0 aliphatic carbocycles. The number of nitrogens with one attached hydrogen (secondary N) is 1. The molecule has 2 atom stereocenters. The van der Waals surface area contributed by atoms with Crippen LogP contribution in [0.1, 0.15) is 6.92 Å². The third-order valence-corrected chi connectivity index (χ3v) is 3.61. The van der Waals surface area contributed by atoms with Crippen LogP contribution in [0.15, 0.2) is 15.7 Å². The van der Waals surface area contributed by atoms with E-state index >= 15 is 0 Å². The fourth-order valence-corrected chi connectivity index (χ4v) is 2.54. The quantitative estimate of drug-likeness (QED) is 0.806. The van der Waals surface area contributed by atoms with E-state index in [1.165, 1.54) is 12.3 Å². The highest BCUT2D eigenvalue weighted by atomic mass is 79.9. The fourth-order valence-electron chi connectivity index (χ4n) is 1.33. The van der Waals surface area contributed by atoms with Gasteiger partial charge in [0.2, 0.25) is 0 Å². The van der Waals surface area contributed by atoms with E-state index in [0.717, 1.165) is 0 Å². The van der Waals surface area contributed by atoms with Gasteiger partial charge in [-0.05, 0) is 22.9 Å². The van der Waals surface area contributed by atoms with Gasteiger partial charge in [0, 0.05) is 12.3 Å².